The molecule has 0 saturated carbocycles. The molecule has 1 aliphatic heterocycles. The minimum absolute atomic E-state index is 0.0139. The van der Waals surface area contributed by atoms with Crippen molar-refractivity contribution in [2.75, 3.05) is 26.2 Å². The quantitative estimate of drug-likeness (QED) is 0.827. The molecule has 0 aromatic carbocycles. The molecule has 1 fully saturated rings. The molecule has 6 heteroatoms. The van der Waals surface area contributed by atoms with Gasteiger partial charge in [-0.25, -0.2) is 4.98 Å². The molecule has 1 unspecified atom stereocenters. The molecule has 0 aliphatic carbocycles. The van der Waals surface area contributed by atoms with Crippen molar-refractivity contribution in [1.82, 2.24) is 14.8 Å². The van der Waals surface area contributed by atoms with Gasteiger partial charge in [0.05, 0.1) is 12.2 Å². The van der Waals surface area contributed by atoms with Crippen LogP contribution in [0.15, 0.2) is 18.3 Å². The van der Waals surface area contributed by atoms with Gasteiger partial charge in [-0.05, 0) is 31.9 Å². The minimum atomic E-state index is -0.107. The van der Waals surface area contributed by atoms with Gasteiger partial charge >= 0.3 is 0 Å². The predicted octanol–water partition coefficient (Wildman–Crippen LogP) is 2.17. The molecule has 6 nitrogen and oxygen atoms in total. The van der Waals surface area contributed by atoms with Gasteiger partial charge in [-0.1, -0.05) is 13.8 Å². The fourth-order valence-electron chi connectivity index (χ4n) is 2.91. The fraction of sp³-hybridized carbons (Fsp3) is 0.611. The normalized spacial score (nSPS) is 17.0. The SMILES string of the molecule is CC(C)Oc1cccnc1C(=O)N1CCN(C(C#N)C(C)C)CC1. The van der Waals surface area contributed by atoms with Gasteiger partial charge in [0.25, 0.3) is 5.91 Å². The van der Waals surface area contributed by atoms with Crippen LogP contribution < -0.4 is 4.74 Å². The third kappa shape index (κ3) is 4.24. The molecule has 130 valence electrons. The van der Waals surface area contributed by atoms with Gasteiger partial charge in [-0.3, -0.25) is 9.69 Å². The Morgan fingerprint density at radius 2 is 1.92 bits per heavy atom. The van der Waals surface area contributed by atoms with E-state index in [0.29, 0.717) is 37.6 Å². The maximum absolute atomic E-state index is 12.8. The van der Waals surface area contributed by atoms with Crippen LogP contribution in [0.5, 0.6) is 5.75 Å². The second-order valence-corrected chi connectivity index (χ2v) is 6.66. The summed E-state index contributed by atoms with van der Waals surface area (Å²) >= 11 is 0. The zero-order valence-electron chi connectivity index (χ0n) is 14.9. The number of nitrogens with zero attached hydrogens (tertiary/aromatic N) is 4. The monoisotopic (exact) mass is 330 g/mol. The summed E-state index contributed by atoms with van der Waals surface area (Å²) in [5, 5.41) is 9.32. The maximum atomic E-state index is 12.8. The van der Waals surface area contributed by atoms with Crippen molar-refractivity contribution in [3.8, 4) is 11.8 Å². The summed E-state index contributed by atoms with van der Waals surface area (Å²) in [5.74, 6) is 0.694. The van der Waals surface area contributed by atoms with Gasteiger partial charge in [-0.2, -0.15) is 5.26 Å². The van der Waals surface area contributed by atoms with E-state index in [2.05, 4.69) is 29.8 Å². The first kappa shape index (κ1) is 18.2. The summed E-state index contributed by atoms with van der Waals surface area (Å²) < 4.78 is 5.70. The van der Waals surface area contributed by atoms with Crippen molar-refractivity contribution in [3.05, 3.63) is 24.0 Å². The smallest absolute Gasteiger partial charge is 0.276 e. The Morgan fingerprint density at radius 1 is 1.25 bits per heavy atom. The minimum Gasteiger partial charge on any atom is -0.489 e. The largest absolute Gasteiger partial charge is 0.489 e. The van der Waals surface area contributed by atoms with E-state index in [4.69, 9.17) is 4.74 Å². The number of hydrogen-bond acceptors (Lipinski definition) is 5. The zero-order valence-corrected chi connectivity index (χ0v) is 14.9. The lowest BCUT2D eigenvalue weighted by Gasteiger charge is -2.38. The van der Waals surface area contributed by atoms with Crippen LogP contribution in [0, 0.1) is 17.2 Å². The van der Waals surface area contributed by atoms with Crippen LogP contribution >= 0.6 is 0 Å². The highest BCUT2D eigenvalue weighted by molar-refractivity contribution is 5.95. The molecular formula is C18H26N4O2. The van der Waals surface area contributed by atoms with Crippen molar-refractivity contribution < 1.29 is 9.53 Å². The summed E-state index contributed by atoms with van der Waals surface area (Å²) in [6.07, 6.45) is 1.60. The van der Waals surface area contributed by atoms with Crippen LogP contribution in [0.1, 0.15) is 38.2 Å². The van der Waals surface area contributed by atoms with Crippen LogP contribution in [0.2, 0.25) is 0 Å². The van der Waals surface area contributed by atoms with Crippen molar-refractivity contribution in [2.24, 2.45) is 5.92 Å². The first-order valence-electron chi connectivity index (χ1n) is 8.48. The van der Waals surface area contributed by atoms with Crippen LogP contribution in [0.3, 0.4) is 0 Å². The first-order chi connectivity index (χ1) is 11.4. The molecule has 1 amide bonds. The van der Waals surface area contributed by atoms with Crippen molar-refractivity contribution in [1.29, 1.82) is 5.26 Å². The number of amides is 1. The van der Waals surface area contributed by atoms with Gasteiger partial charge in [0, 0.05) is 32.4 Å². The van der Waals surface area contributed by atoms with E-state index in [1.807, 2.05) is 13.8 Å². The summed E-state index contributed by atoms with van der Waals surface area (Å²) in [6.45, 7) is 10.6. The summed E-state index contributed by atoms with van der Waals surface area (Å²) in [5.41, 5.74) is 0.361. The Morgan fingerprint density at radius 3 is 2.46 bits per heavy atom. The standard InChI is InChI=1S/C18H26N4O2/c1-13(2)15(12-19)21-8-10-22(11-9-21)18(23)17-16(24-14(3)4)6-5-7-20-17/h5-7,13-15H,8-11H2,1-4H3. The molecule has 1 aromatic heterocycles. The Hall–Kier alpha value is -2.13. The molecule has 0 radical (unpaired) electrons. The fourth-order valence-corrected chi connectivity index (χ4v) is 2.91. The molecule has 1 aromatic rings. The lowest BCUT2D eigenvalue weighted by molar-refractivity contribution is 0.0565. The van der Waals surface area contributed by atoms with Gasteiger partial charge < -0.3 is 9.64 Å². The maximum Gasteiger partial charge on any atom is 0.276 e. The average Bonchev–Trinajstić information content (AvgIpc) is 2.55. The van der Waals surface area contributed by atoms with Crippen molar-refractivity contribution in [2.45, 2.75) is 39.8 Å². The number of hydrogen-bond donors (Lipinski definition) is 0. The highest BCUT2D eigenvalue weighted by Crippen LogP contribution is 2.20. The topological polar surface area (TPSA) is 69.5 Å². The summed E-state index contributed by atoms with van der Waals surface area (Å²) in [7, 11) is 0. The van der Waals surface area contributed by atoms with Crippen LogP contribution in [-0.4, -0.2) is 59.0 Å². The van der Waals surface area contributed by atoms with Gasteiger partial charge in [0.2, 0.25) is 0 Å². The van der Waals surface area contributed by atoms with E-state index >= 15 is 0 Å². The molecule has 0 bridgehead atoms. The van der Waals surface area contributed by atoms with Gasteiger partial charge in [-0.15, -0.1) is 0 Å². The molecule has 1 aliphatic rings. The van der Waals surface area contributed by atoms with Gasteiger partial charge in [0.15, 0.2) is 11.4 Å². The average molecular weight is 330 g/mol. The molecule has 24 heavy (non-hydrogen) atoms. The first-order valence-corrected chi connectivity index (χ1v) is 8.48. The highest BCUT2D eigenvalue weighted by atomic mass is 16.5. The zero-order chi connectivity index (χ0) is 17.7. The van der Waals surface area contributed by atoms with E-state index in [-0.39, 0.29) is 24.0 Å². The molecule has 2 rings (SSSR count). The molecule has 2 heterocycles. The number of carbonyl (C=O) groups excluding carboxylic acids is 1. The number of carbonyl (C=O) groups is 1. The molecule has 0 N–H and O–H groups in total. The number of pyridine rings is 1. The molecule has 1 atom stereocenters. The third-order valence-electron chi connectivity index (χ3n) is 4.09. The van der Waals surface area contributed by atoms with Crippen LogP contribution in [0.25, 0.3) is 0 Å². The second kappa shape index (κ2) is 8.11. The van der Waals surface area contributed by atoms with Crippen molar-refractivity contribution in [3.63, 3.8) is 0 Å². The number of piperazine rings is 1. The summed E-state index contributed by atoms with van der Waals surface area (Å²) in [6, 6.07) is 5.82. The van der Waals surface area contributed by atoms with Crippen molar-refractivity contribution >= 4 is 5.91 Å². The van der Waals surface area contributed by atoms with Crippen LogP contribution in [0.4, 0.5) is 0 Å². The van der Waals surface area contributed by atoms with E-state index in [0.717, 1.165) is 0 Å². The van der Waals surface area contributed by atoms with E-state index in [9.17, 15) is 10.1 Å². The predicted molar refractivity (Wildman–Crippen MR) is 91.7 cm³/mol. The van der Waals surface area contributed by atoms with E-state index < -0.39 is 0 Å². The van der Waals surface area contributed by atoms with E-state index in [1.54, 1.807) is 23.2 Å². The number of aromatic nitrogens is 1. The third-order valence-corrected chi connectivity index (χ3v) is 4.09. The highest BCUT2D eigenvalue weighted by Gasteiger charge is 2.29. The Balaban J connectivity index is 2.05. The Bertz CT molecular complexity index is 601. The number of rotatable bonds is 5. The molecule has 0 spiro atoms. The molecular weight excluding hydrogens is 304 g/mol. The lowest BCUT2D eigenvalue weighted by Crippen LogP contribution is -2.53. The van der Waals surface area contributed by atoms with Crippen LogP contribution in [-0.2, 0) is 0 Å². The Kier molecular flexibility index (Phi) is 6.16. The van der Waals surface area contributed by atoms with E-state index in [1.165, 1.54) is 0 Å². The second-order valence-electron chi connectivity index (χ2n) is 6.66. The lowest BCUT2D eigenvalue weighted by atomic mass is 10.0. The number of nitriles is 1. The molecule has 1 saturated heterocycles. The Labute approximate surface area is 144 Å². The summed E-state index contributed by atoms with van der Waals surface area (Å²) in [4.78, 5) is 20.9. The van der Waals surface area contributed by atoms with Gasteiger partial charge in [0.1, 0.15) is 6.04 Å². The number of ether oxygens (including phenoxy) is 1.